The van der Waals surface area contributed by atoms with Gasteiger partial charge in [0.25, 0.3) is 0 Å². The van der Waals surface area contributed by atoms with Crippen LogP contribution >= 0.6 is 0 Å². The minimum Gasteiger partial charge on any atom is -0.394 e. The summed E-state index contributed by atoms with van der Waals surface area (Å²) in [5.41, 5.74) is 0. The van der Waals surface area contributed by atoms with Crippen LogP contribution in [0.4, 0.5) is 0 Å². The Hall–Kier alpha value is -0.320. The molecule has 8 heteroatoms. The van der Waals surface area contributed by atoms with Crippen LogP contribution in [-0.4, -0.2) is 87.8 Å². The first kappa shape index (κ1) is 26.3. The molecule has 2 aliphatic heterocycles. The molecule has 32 heavy (non-hydrogen) atoms. The van der Waals surface area contributed by atoms with Gasteiger partial charge < -0.3 is 39.7 Å². The first-order valence-electron chi connectivity index (χ1n) is 12.7. The maximum Gasteiger partial charge on any atom is 0.186 e. The summed E-state index contributed by atoms with van der Waals surface area (Å²) in [6.45, 7) is 2.17. The zero-order valence-corrected chi connectivity index (χ0v) is 19.4. The lowest BCUT2D eigenvalue weighted by Gasteiger charge is -2.44. The summed E-state index contributed by atoms with van der Waals surface area (Å²) >= 11 is 0. The Balaban J connectivity index is 1.62. The fraction of sp³-hybridized carbons (Fsp3) is 1.00. The molecule has 3 aliphatic rings. The van der Waals surface area contributed by atoms with Crippen molar-refractivity contribution < 1.29 is 39.7 Å². The van der Waals surface area contributed by atoms with Gasteiger partial charge in [0, 0.05) is 5.92 Å². The molecule has 0 radical (unpaired) electrons. The third-order valence-corrected chi connectivity index (χ3v) is 7.60. The first-order chi connectivity index (χ1) is 15.4. The lowest BCUT2D eigenvalue weighted by Crippen LogP contribution is -2.60. The van der Waals surface area contributed by atoms with Crippen molar-refractivity contribution in [3.8, 4) is 0 Å². The van der Waals surface area contributed by atoms with Crippen LogP contribution < -0.4 is 0 Å². The summed E-state index contributed by atoms with van der Waals surface area (Å²) in [4.78, 5) is 0. The second kappa shape index (κ2) is 13.0. The highest BCUT2D eigenvalue weighted by Gasteiger charge is 2.46. The van der Waals surface area contributed by atoms with E-state index >= 15 is 0 Å². The summed E-state index contributed by atoms with van der Waals surface area (Å²) in [5, 5.41) is 50.7. The molecule has 1 aliphatic carbocycles. The van der Waals surface area contributed by atoms with Gasteiger partial charge in [0.1, 0.15) is 24.4 Å². The van der Waals surface area contributed by atoms with Gasteiger partial charge in [-0.25, -0.2) is 0 Å². The molecular formula is C24H44O8. The molecule has 10 atom stereocenters. The Labute approximate surface area is 191 Å². The maximum atomic E-state index is 11.0. The van der Waals surface area contributed by atoms with E-state index in [0.717, 1.165) is 19.3 Å². The van der Waals surface area contributed by atoms with E-state index in [9.17, 15) is 25.5 Å². The number of fused-ring (bicyclic) bond motifs is 1. The molecule has 2 heterocycles. The van der Waals surface area contributed by atoms with Crippen LogP contribution in [0.2, 0.25) is 0 Å². The van der Waals surface area contributed by atoms with E-state index in [0.29, 0.717) is 19.4 Å². The molecule has 0 aromatic rings. The van der Waals surface area contributed by atoms with Gasteiger partial charge in [-0.15, -0.1) is 0 Å². The molecule has 3 rings (SSSR count). The highest BCUT2D eigenvalue weighted by Crippen LogP contribution is 2.38. The number of hydrogen-bond donors (Lipinski definition) is 5. The van der Waals surface area contributed by atoms with Crippen molar-refractivity contribution in [1.82, 2.24) is 0 Å². The number of aliphatic hydroxyl groups excluding tert-OH is 5. The lowest BCUT2D eigenvalue weighted by molar-refractivity contribution is -0.316. The van der Waals surface area contributed by atoms with Crippen molar-refractivity contribution in [2.75, 3.05) is 13.2 Å². The summed E-state index contributed by atoms with van der Waals surface area (Å²) in [7, 11) is 0. The van der Waals surface area contributed by atoms with Crippen molar-refractivity contribution in [3.05, 3.63) is 0 Å². The number of hydrogen-bond acceptors (Lipinski definition) is 8. The second-order valence-electron chi connectivity index (χ2n) is 10.1. The van der Waals surface area contributed by atoms with Crippen molar-refractivity contribution in [3.63, 3.8) is 0 Å². The second-order valence-corrected chi connectivity index (χ2v) is 10.1. The van der Waals surface area contributed by atoms with Crippen molar-refractivity contribution in [2.45, 2.75) is 127 Å². The molecule has 0 aromatic carbocycles. The Bertz CT molecular complexity index is 532. The largest absolute Gasteiger partial charge is 0.394 e. The highest BCUT2D eigenvalue weighted by molar-refractivity contribution is 4.91. The van der Waals surface area contributed by atoms with Crippen LogP contribution in [-0.2, 0) is 14.2 Å². The maximum absolute atomic E-state index is 11.0. The molecular weight excluding hydrogens is 416 g/mol. The number of aliphatic hydroxyl groups is 5. The molecule has 2 saturated heterocycles. The minimum atomic E-state index is -1.46. The van der Waals surface area contributed by atoms with Crippen molar-refractivity contribution in [2.24, 2.45) is 11.8 Å². The van der Waals surface area contributed by atoms with Gasteiger partial charge in [-0.1, -0.05) is 44.9 Å². The average molecular weight is 461 g/mol. The van der Waals surface area contributed by atoms with Gasteiger partial charge >= 0.3 is 0 Å². The Morgan fingerprint density at radius 3 is 2.16 bits per heavy atom. The van der Waals surface area contributed by atoms with Crippen LogP contribution in [0.15, 0.2) is 0 Å². The molecule has 0 spiro atoms. The molecule has 188 valence electrons. The van der Waals surface area contributed by atoms with Crippen LogP contribution in [0.3, 0.4) is 0 Å². The molecule has 3 fully saturated rings. The van der Waals surface area contributed by atoms with Gasteiger partial charge in [-0.2, -0.15) is 0 Å². The van der Waals surface area contributed by atoms with E-state index in [2.05, 4.69) is 6.92 Å². The highest BCUT2D eigenvalue weighted by atomic mass is 16.7. The van der Waals surface area contributed by atoms with Gasteiger partial charge in [-0.3, -0.25) is 0 Å². The number of ether oxygens (including phenoxy) is 3. The molecule has 5 N–H and O–H groups in total. The summed E-state index contributed by atoms with van der Waals surface area (Å²) < 4.78 is 17.6. The van der Waals surface area contributed by atoms with E-state index in [1.165, 1.54) is 38.5 Å². The fourth-order valence-electron chi connectivity index (χ4n) is 5.51. The molecule has 0 bridgehead atoms. The summed E-state index contributed by atoms with van der Waals surface area (Å²) in [6.07, 6.45) is 4.53. The van der Waals surface area contributed by atoms with Crippen LogP contribution in [0.25, 0.3) is 0 Å². The molecule has 0 aromatic heterocycles. The van der Waals surface area contributed by atoms with Gasteiger partial charge in [0.05, 0.1) is 31.5 Å². The van der Waals surface area contributed by atoms with Gasteiger partial charge in [0.15, 0.2) is 6.29 Å². The Morgan fingerprint density at radius 2 is 1.47 bits per heavy atom. The standard InChI is InChI=1S/C24H44O8/c1-15-9-7-5-3-2-4-6-8-10-16-11-17(12-19(26)18(16)14-30-15)31-24-23(29)22(28)21(27)20(13-25)32-24/h15-29H,2-14H2,1H3/t15?,16?,17?,18?,19?,20-,21-,22+,23-,24?/m1/s1. The van der Waals surface area contributed by atoms with E-state index in [4.69, 9.17) is 14.2 Å². The first-order valence-corrected chi connectivity index (χ1v) is 12.7. The Kier molecular flexibility index (Phi) is 10.6. The molecule has 6 unspecified atom stereocenters. The number of rotatable bonds is 3. The van der Waals surface area contributed by atoms with Gasteiger partial charge in [-0.05, 0) is 38.5 Å². The molecule has 8 nitrogen and oxygen atoms in total. The zero-order chi connectivity index (χ0) is 23.1. The summed E-state index contributed by atoms with van der Waals surface area (Å²) in [6, 6.07) is 0. The van der Waals surface area contributed by atoms with Crippen LogP contribution in [0.5, 0.6) is 0 Å². The molecule has 1 saturated carbocycles. The van der Waals surface area contributed by atoms with E-state index in [1.807, 2.05) is 0 Å². The zero-order valence-electron chi connectivity index (χ0n) is 19.4. The van der Waals surface area contributed by atoms with E-state index < -0.39 is 43.4 Å². The normalized spacial score (nSPS) is 45.6. The predicted octanol–water partition coefficient (Wildman–Crippen LogP) is 1.49. The molecule has 0 amide bonds. The van der Waals surface area contributed by atoms with Gasteiger partial charge in [0.2, 0.25) is 0 Å². The third-order valence-electron chi connectivity index (χ3n) is 7.60. The monoisotopic (exact) mass is 460 g/mol. The van der Waals surface area contributed by atoms with Crippen LogP contribution in [0.1, 0.15) is 77.6 Å². The van der Waals surface area contributed by atoms with Crippen LogP contribution in [0, 0.1) is 11.8 Å². The topological polar surface area (TPSA) is 129 Å². The fourth-order valence-corrected chi connectivity index (χ4v) is 5.51. The lowest BCUT2D eigenvalue weighted by atomic mass is 9.74. The predicted molar refractivity (Wildman–Crippen MR) is 118 cm³/mol. The van der Waals surface area contributed by atoms with Crippen molar-refractivity contribution in [1.29, 1.82) is 0 Å². The smallest absolute Gasteiger partial charge is 0.186 e. The average Bonchev–Trinajstić information content (AvgIpc) is 2.77. The quantitative estimate of drug-likeness (QED) is 0.428. The summed E-state index contributed by atoms with van der Waals surface area (Å²) in [5.74, 6) is 0.291. The minimum absolute atomic E-state index is 0.0510. The Morgan fingerprint density at radius 1 is 0.812 bits per heavy atom. The SMILES string of the molecule is CC1CCCCCCCCCC2CC(OC3O[C@H](CO)[C@@H](O)[C@H](O)[C@H]3O)CC(O)C2CO1. The third kappa shape index (κ3) is 7.09. The van der Waals surface area contributed by atoms with E-state index in [1.54, 1.807) is 0 Å². The van der Waals surface area contributed by atoms with E-state index in [-0.39, 0.29) is 24.0 Å². The van der Waals surface area contributed by atoms with Crippen molar-refractivity contribution >= 4 is 0 Å².